The number of halogens is 2. The molecule has 0 unspecified atom stereocenters. The molecule has 0 radical (unpaired) electrons. The first kappa shape index (κ1) is 18.4. The molecule has 0 atom stereocenters. The summed E-state index contributed by atoms with van der Waals surface area (Å²) >= 11 is 5.65. The van der Waals surface area contributed by atoms with Gasteiger partial charge in [0.15, 0.2) is 0 Å². The van der Waals surface area contributed by atoms with E-state index in [1.165, 1.54) is 44.6 Å². The number of esters is 2. The summed E-state index contributed by atoms with van der Waals surface area (Å²) in [6.07, 6.45) is 0. The summed E-state index contributed by atoms with van der Waals surface area (Å²) in [4.78, 5) is 35.8. The van der Waals surface area contributed by atoms with Crippen LogP contribution in [-0.4, -0.2) is 32.1 Å². The van der Waals surface area contributed by atoms with Crippen molar-refractivity contribution in [3.63, 3.8) is 0 Å². The molecule has 1 N–H and O–H groups in total. The molecule has 0 bridgehead atoms. The van der Waals surface area contributed by atoms with Crippen LogP contribution in [0.15, 0.2) is 36.4 Å². The predicted molar refractivity (Wildman–Crippen MR) is 88.5 cm³/mol. The highest BCUT2D eigenvalue weighted by Gasteiger charge is 2.19. The van der Waals surface area contributed by atoms with Crippen LogP contribution in [0.5, 0.6) is 0 Å². The highest BCUT2D eigenvalue weighted by molar-refractivity contribution is 6.30. The van der Waals surface area contributed by atoms with Crippen LogP contribution in [0.3, 0.4) is 0 Å². The number of rotatable bonds is 4. The second-order valence-electron chi connectivity index (χ2n) is 4.82. The SMILES string of the molecule is COC(=O)c1ccc(C(=O)OC)c(NC(=O)c2ccc(Cl)cc2F)c1. The molecule has 2 rings (SSSR count). The summed E-state index contributed by atoms with van der Waals surface area (Å²) in [5.74, 6) is -3.04. The van der Waals surface area contributed by atoms with Crippen LogP contribution < -0.4 is 5.32 Å². The fourth-order valence-electron chi connectivity index (χ4n) is 2.04. The smallest absolute Gasteiger partial charge is 0.339 e. The number of hydrogen-bond donors (Lipinski definition) is 1. The van der Waals surface area contributed by atoms with Gasteiger partial charge in [0.2, 0.25) is 0 Å². The van der Waals surface area contributed by atoms with Gasteiger partial charge in [0.1, 0.15) is 5.82 Å². The molecule has 0 aromatic heterocycles. The minimum atomic E-state index is -0.825. The maximum absolute atomic E-state index is 13.9. The number of carbonyl (C=O) groups is 3. The average Bonchev–Trinajstić information content (AvgIpc) is 2.60. The molecule has 0 aliphatic carbocycles. The van der Waals surface area contributed by atoms with Crippen molar-refractivity contribution >= 4 is 35.1 Å². The van der Waals surface area contributed by atoms with Crippen LogP contribution in [0.2, 0.25) is 5.02 Å². The first-order chi connectivity index (χ1) is 11.9. The molecule has 8 heteroatoms. The zero-order valence-electron chi connectivity index (χ0n) is 13.3. The Kier molecular flexibility index (Phi) is 5.71. The summed E-state index contributed by atoms with van der Waals surface area (Å²) in [7, 11) is 2.36. The summed E-state index contributed by atoms with van der Waals surface area (Å²) in [6.45, 7) is 0. The van der Waals surface area contributed by atoms with Crippen molar-refractivity contribution in [3.8, 4) is 0 Å². The van der Waals surface area contributed by atoms with E-state index in [1.54, 1.807) is 0 Å². The third-order valence-electron chi connectivity index (χ3n) is 3.27. The van der Waals surface area contributed by atoms with E-state index in [-0.39, 0.29) is 27.4 Å². The van der Waals surface area contributed by atoms with Gasteiger partial charge in [-0.25, -0.2) is 14.0 Å². The quantitative estimate of drug-likeness (QED) is 0.841. The highest BCUT2D eigenvalue weighted by Crippen LogP contribution is 2.22. The van der Waals surface area contributed by atoms with Gasteiger partial charge >= 0.3 is 11.9 Å². The molecule has 0 fully saturated rings. The molecule has 6 nitrogen and oxygen atoms in total. The second-order valence-corrected chi connectivity index (χ2v) is 5.26. The number of anilines is 1. The van der Waals surface area contributed by atoms with Crippen molar-refractivity contribution in [3.05, 3.63) is 63.9 Å². The molecular formula is C17H13ClFNO5. The molecule has 0 aliphatic rings. The van der Waals surface area contributed by atoms with E-state index in [0.29, 0.717) is 0 Å². The zero-order chi connectivity index (χ0) is 18.6. The first-order valence-corrected chi connectivity index (χ1v) is 7.32. The fourth-order valence-corrected chi connectivity index (χ4v) is 2.20. The Morgan fingerprint density at radius 3 is 2.20 bits per heavy atom. The van der Waals surface area contributed by atoms with Gasteiger partial charge in [-0.15, -0.1) is 0 Å². The molecular weight excluding hydrogens is 353 g/mol. The van der Waals surface area contributed by atoms with E-state index in [2.05, 4.69) is 14.8 Å². The van der Waals surface area contributed by atoms with Crippen LogP contribution in [0.25, 0.3) is 0 Å². The van der Waals surface area contributed by atoms with E-state index in [9.17, 15) is 18.8 Å². The molecule has 130 valence electrons. The Bertz CT molecular complexity index is 853. The summed E-state index contributed by atoms with van der Waals surface area (Å²) in [6, 6.07) is 7.43. The molecule has 0 spiro atoms. The lowest BCUT2D eigenvalue weighted by atomic mass is 10.1. The van der Waals surface area contributed by atoms with Gasteiger partial charge in [-0.2, -0.15) is 0 Å². The van der Waals surface area contributed by atoms with E-state index in [0.717, 1.165) is 6.07 Å². The molecule has 0 heterocycles. The van der Waals surface area contributed by atoms with Gasteiger partial charge in [-0.3, -0.25) is 4.79 Å². The van der Waals surface area contributed by atoms with E-state index in [1.807, 2.05) is 0 Å². The van der Waals surface area contributed by atoms with Crippen molar-refractivity contribution in [2.45, 2.75) is 0 Å². The number of nitrogens with one attached hydrogen (secondary N) is 1. The Labute approximate surface area is 147 Å². The Balaban J connectivity index is 2.42. The number of methoxy groups -OCH3 is 2. The van der Waals surface area contributed by atoms with Gasteiger partial charge < -0.3 is 14.8 Å². The lowest BCUT2D eigenvalue weighted by molar-refractivity contribution is 0.0587. The average molecular weight is 366 g/mol. The first-order valence-electron chi connectivity index (χ1n) is 6.94. The lowest BCUT2D eigenvalue weighted by Gasteiger charge is -2.12. The van der Waals surface area contributed by atoms with Crippen LogP contribution >= 0.6 is 11.6 Å². The Morgan fingerprint density at radius 2 is 1.60 bits per heavy atom. The minimum absolute atomic E-state index is 0.00197. The second kappa shape index (κ2) is 7.76. The number of ether oxygens (including phenoxy) is 2. The summed E-state index contributed by atoms with van der Waals surface area (Å²) in [5.41, 5.74) is -0.197. The molecule has 0 saturated heterocycles. The third-order valence-corrected chi connectivity index (χ3v) is 3.51. The normalized spacial score (nSPS) is 10.1. The lowest BCUT2D eigenvalue weighted by Crippen LogP contribution is -2.17. The maximum atomic E-state index is 13.9. The monoisotopic (exact) mass is 365 g/mol. The van der Waals surface area contributed by atoms with Crippen LogP contribution in [0.4, 0.5) is 10.1 Å². The van der Waals surface area contributed by atoms with Gasteiger partial charge in [0, 0.05) is 5.02 Å². The molecule has 25 heavy (non-hydrogen) atoms. The zero-order valence-corrected chi connectivity index (χ0v) is 14.0. The maximum Gasteiger partial charge on any atom is 0.339 e. The molecule has 0 aliphatic heterocycles. The van der Waals surface area contributed by atoms with Crippen molar-refractivity contribution in [2.75, 3.05) is 19.5 Å². The van der Waals surface area contributed by atoms with Gasteiger partial charge in [-0.05, 0) is 36.4 Å². The van der Waals surface area contributed by atoms with E-state index < -0.39 is 23.7 Å². The Hall–Kier alpha value is -2.93. The number of benzene rings is 2. The number of carbonyl (C=O) groups excluding carboxylic acids is 3. The topological polar surface area (TPSA) is 81.7 Å². The van der Waals surface area contributed by atoms with E-state index in [4.69, 9.17) is 11.6 Å². The molecule has 2 aromatic rings. The standard InChI is InChI=1S/C17H13ClFNO5/c1-24-16(22)9-3-5-12(17(23)25-2)14(7-9)20-15(21)11-6-4-10(18)8-13(11)19/h3-8H,1-2H3,(H,20,21). The molecule has 0 saturated carbocycles. The van der Waals surface area contributed by atoms with Gasteiger partial charge in [-0.1, -0.05) is 11.6 Å². The molecule has 1 amide bonds. The highest BCUT2D eigenvalue weighted by atomic mass is 35.5. The van der Waals surface area contributed by atoms with Crippen molar-refractivity contribution in [1.82, 2.24) is 0 Å². The van der Waals surface area contributed by atoms with Crippen LogP contribution in [0.1, 0.15) is 31.1 Å². The fraction of sp³-hybridized carbons (Fsp3) is 0.118. The number of amides is 1. The largest absolute Gasteiger partial charge is 0.465 e. The Morgan fingerprint density at radius 1 is 0.960 bits per heavy atom. The number of hydrogen-bond acceptors (Lipinski definition) is 5. The van der Waals surface area contributed by atoms with Crippen molar-refractivity contribution in [1.29, 1.82) is 0 Å². The van der Waals surface area contributed by atoms with Crippen molar-refractivity contribution in [2.24, 2.45) is 0 Å². The van der Waals surface area contributed by atoms with Gasteiger partial charge in [0.05, 0.1) is 36.6 Å². The van der Waals surface area contributed by atoms with Gasteiger partial charge in [0.25, 0.3) is 5.91 Å². The molecule has 2 aromatic carbocycles. The van der Waals surface area contributed by atoms with Crippen LogP contribution in [-0.2, 0) is 9.47 Å². The summed E-state index contributed by atoms with van der Waals surface area (Å²) in [5, 5.41) is 2.53. The van der Waals surface area contributed by atoms with Crippen molar-refractivity contribution < 1.29 is 28.2 Å². The predicted octanol–water partition coefficient (Wildman–Crippen LogP) is 3.30. The third kappa shape index (κ3) is 4.13. The van der Waals surface area contributed by atoms with E-state index >= 15 is 0 Å². The summed E-state index contributed by atoms with van der Waals surface area (Å²) < 4.78 is 23.1. The minimum Gasteiger partial charge on any atom is -0.465 e. The van der Waals surface area contributed by atoms with Crippen LogP contribution in [0, 0.1) is 5.82 Å².